The van der Waals surface area contributed by atoms with E-state index in [4.69, 9.17) is 15.2 Å². The largest absolute Gasteiger partial charge is 0.497 e. The molecule has 2 N–H and O–H groups in total. The fourth-order valence-corrected chi connectivity index (χ4v) is 1.78. The number of benzene rings is 1. The lowest BCUT2D eigenvalue weighted by atomic mass is 10.1. The van der Waals surface area contributed by atoms with Crippen molar-refractivity contribution in [3.63, 3.8) is 0 Å². The van der Waals surface area contributed by atoms with E-state index in [9.17, 15) is 0 Å². The van der Waals surface area contributed by atoms with Crippen molar-refractivity contribution in [2.45, 2.75) is 0 Å². The minimum atomic E-state index is 0.621. The molecule has 0 aliphatic rings. The van der Waals surface area contributed by atoms with E-state index < -0.39 is 0 Å². The molecular weight excluding hydrogens is 218 g/mol. The summed E-state index contributed by atoms with van der Waals surface area (Å²) in [6.07, 6.45) is 1.62. The molecule has 0 saturated carbocycles. The molecule has 1 aromatic carbocycles. The Morgan fingerprint density at radius 2 is 2.00 bits per heavy atom. The van der Waals surface area contributed by atoms with E-state index in [1.54, 1.807) is 25.1 Å². The third-order valence-corrected chi connectivity index (χ3v) is 2.63. The Morgan fingerprint density at radius 1 is 1.24 bits per heavy atom. The van der Waals surface area contributed by atoms with E-state index in [2.05, 4.69) is 5.10 Å². The lowest BCUT2D eigenvalue weighted by Gasteiger charge is -2.11. The molecule has 0 aliphatic heterocycles. The third kappa shape index (κ3) is 1.91. The lowest BCUT2D eigenvalue weighted by Crippen LogP contribution is -1.98. The minimum Gasteiger partial charge on any atom is -0.497 e. The quantitative estimate of drug-likeness (QED) is 0.876. The number of hydrogen-bond acceptors (Lipinski definition) is 4. The van der Waals surface area contributed by atoms with Crippen LogP contribution in [0, 0.1) is 0 Å². The summed E-state index contributed by atoms with van der Waals surface area (Å²) in [6.45, 7) is 0. The summed E-state index contributed by atoms with van der Waals surface area (Å²) in [5.74, 6) is 1.45. The molecule has 1 aromatic heterocycles. The molecule has 0 saturated heterocycles. The second-order valence-electron chi connectivity index (χ2n) is 3.64. The Kier molecular flexibility index (Phi) is 2.91. The van der Waals surface area contributed by atoms with Crippen LogP contribution in [0.1, 0.15) is 0 Å². The Hall–Kier alpha value is -2.17. The van der Waals surface area contributed by atoms with Crippen molar-refractivity contribution < 1.29 is 9.47 Å². The molecule has 0 aliphatic carbocycles. The van der Waals surface area contributed by atoms with Crippen LogP contribution in [-0.2, 0) is 7.05 Å². The van der Waals surface area contributed by atoms with Gasteiger partial charge in [-0.1, -0.05) is 0 Å². The molecule has 5 heteroatoms. The Bertz CT molecular complexity index is 515. The number of hydrogen-bond donors (Lipinski definition) is 1. The van der Waals surface area contributed by atoms with Crippen molar-refractivity contribution in [2.75, 3.05) is 20.0 Å². The summed E-state index contributed by atoms with van der Waals surface area (Å²) in [4.78, 5) is 0. The highest BCUT2D eigenvalue weighted by Crippen LogP contribution is 2.35. The molecule has 1 heterocycles. The SMILES string of the molecule is COc1ccc(-c2c(N)cnn2C)c(OC)c1. The van der Waals surface area contributed by atoms with Gasteiger partial charge in [0.25, 0.3) is 0 Å². The number of rotatable bonds is 3. The molecule has 0 atom stereocenters. The van der Waals surface area contributed by atoms with Crippen LogP contribution in [0.2, 0.25) is 0 Å². The van der Waals surface area contributed by atoms with Gasteiger partial charge in [-0.2, -0.15) is 5.10 Å². The van der Waals surface area contributed by atoms with Crippen molar-refractivity contribution in [1.29, 1.82) is 0 Å². The van der Waals surface area contributed by atoms with Crippen LogP contribution in [0.4, 0.5) is 5.69 Å². The first-order chi connectivity index (χ1) is 8.17. The van der Waals surface area contributed by atoms with Crippen molar-refractivity contribution in [3.05, 3.63) is 24.4 Å². The number of nitrogen functional groups attached to an aromatic ring is 1. The zero-order valence-corrected chi connectivity index (χ0v) is 10.1. The highest BCUT2D eigenvalue weighted by molar-refractivity contribution is 5.77. The Morgan fingerprint density at radius 3 is 2.53 bits per heavy atom. The van der Waals surface area contributed by atoms with E-state index in [1.165, 1.54) is 0 Å². The Balaban J connectivity index is 2.59. The number of nitrogens with two attached hydrogens (primary N) is 1. The topological polar surface area (TPSA) is 62.3 Å². The molecule has 2 aromatic rings. The van der Waals surface area contributed by atoms with Gasteiger partial charge in [0.15, 0.2) is 0 Å². The first-order valence-electron chi connectivity index (χ1n) is 5.17. The highest BCUT2D eigenvalue weighted by Gasteiger charge is 2.14. The second-order valence-corrected chi connectivity index (χ2v) is 3.64. The van der Waals surface area contributed by atoms with Gasteiger partial charge in [-0.25, -0.2) is 0 Å². The van der Waals surface area contributed by atoms with E-state index in [0.717, 1.165) is 17.0 Å². The average molecular weight is 233 g/mol. The van der Waals surface area contributed by atoms with Gasteiger partial charge < -0.3 is 15.2 Å². The fourth-order valence-electron chi connectivity index (χ4n) is 1.78. The van der Waals surface area contributed by atoms with Gasteiger partial charge in [-0.3, -0.25) is 4.68 Å². The van der Waals surface area contributed by atoms with Crippen LogP contribution >= 0.6 is 0 Å². The van der Waals surface area contributed by atoms with Crippen molar-refractivity contribution in [2.24, 2.45) is 7.05 Å². The van der Waals surface area contributed by atoms with Crippen LogP contribution in [0.3, 0.4) is 0 Å². The van der Waals surface area contributed by atoms with Gasteiger partial charge >= 0.3 is 0 Å². The van der Waals surface area contributed by atoms with Crippen molar-refractivity contribution in [1.82, 2.24) is 9.78 Å². The molecule has 5 nitrogen and oxygen atoms in total. The summed E-state index contributed by atoms with van der Waals surface area (Å²) >= 11 is 0. The predicted molar refractivity (Wildman–Crippen MR) is 66.2 cm³/mol. The molecule has 2 rings (SSSR count). The molecule has 17 heavy (non-hydrogen) atoms. The number of nitrogens with zero attached hydrogens (tertiary/aromatic N) is 2. The lowest BCUT2D eigenvalue weighted by molar-refractivity contribution is 0.395. The molecular formula is C12H15N3O2. The third-order valence-electron chi connectivity index (χ3n) is 2.63. The fraction of sp³-hybridized carbons (Fsp3) is 0.250. The number of aryl methyl sites for hydroxylation is 1. The maximum atomic E-state index is 5.90. The van der Waals surface area contributed by atoms with Crippen LogP contribution in [0.5, 0.6) is 11.5 Å². The monoisotopic (exact) mass is 233 g/mol. The van der Waals surface area contributed by atoms with E-state index in [0.29, 0.717) is 11.4 Å². The first-order valence-corrected chi connectivity index (χ1v) is 5.17. The standard InChI is InChI=1S/C12H15N3O2/c1-15-12(10(13)7-14-15)9-5-4-8(16-2)6-11(9)17-3/h4-7H,13H2,1-3H3. The van der Waals surface area contributed by atoms with Crippen molar-refractivity contribution in [3.8, 4) is 22.8 Å². The number of anilines is 1. The van der Waals surface area contributed by atoms with Gasteiger partial charge in [0.05, 0.1) is 31.8 Å². The summed E-state index contributed by atoms with van der Waals surface area (Å²) < 4.78 is 12.2. The van der Waals surface area contributed by atoms with E-state index in [1.807, 2.05) is 25.2 Å². The molecule has 90 valence electrons. The molecule has 0 bridgehead atoms. The first kappa shape index (κ1) is 11.3. The zero-order chi connectivity index (χ0) is 12.4. The van der Waals surface area contributed by atoms with Gasteiger partial charge in [0.1, 0.15) is 11.5 Å². The summed E-state index contributed by atoms with van der Waals surface area (Å²) in [6, 6.07) is 5.59. The molecule has 0 unspecified atom stereocenters. The van der Waals surface area contributed by atoms with Crippen LogP contribution in [-0.4, -0.2) is 24.0 Å². The van der Waals surface area contributed by atoms with E-state index >= 15 is 0 Å². The molecule has 0 fully saturated rings. The van der Waals surface area contributed by atoms with Crippen molar-refractivity contribution >= 4 is 5.69 Å². The van der Waals surface area contributed by atoms with Crippen LogP contribution in [0.25, 0.3) is 11.3 Å². The predicted octanol–water partition coefficient (Wildman–Crippen LogP) is 1.69. The summed E-state index contributed by atoms with van der Waals surface area (Å²) in [5.41, 5.74) is 8.25. The van der Waals surface area contributed by atoms with Gasteiger partial charge in [0, 0.05) is 18.7 Å². The summed E-state index contributed by atoms with van der Waals surface area (Å²) in [7, 11) is 5.08. The van der Waals surface area contributed by atoms with Gasteiger partial charge in [-0.15, -0.1) is 0 Å². The Labute approximate surface area is 99.8 Å². The molecule has 0 amide bonds. The minimum absolute atomic E-state index is 0.621. The molecule has 0 spiro atoms. The average Bonchev–Trinajstić information content (AvgIpc) is 2.68. The van der Waals surface area contributed by atoms with Gasteiger partial charge in [0.2, 0.25) is 0 Å². The molecule has 0 radical (unpaired) electrons. The normalized spacial score (nSPS) is 10.3. The van der Waals surface area contributed by atoms with Crippen LogP contribution < -0.4 is 15.2 Å². The van der Waals surface area contributed by atoms with Crippen LogP contribution in [0.15, 0.2) is 24.4 Å². The number of aromatic nitrogens is 2. The maximum Gasteiger partial charge on any atom is 0.132 e. The highest BCUT2D eigenvalue weighted by atomic mass is 16.5. The van der Waals surface area contributed by atoms with E-state index in [-0.39, 0.29) is 0 Å². The zero-order valence-electron chi connectivity index (χ0n) is 10.1. The summed E-state index contributed by atoms with van der Waals surface area (Å²) in [5, 5.41) is 4.12. The number of ether oxygens (including phenoxy) is 2. The smallest absolute Gasteiger partial charge is 0.132 e. The maximum absolute atomic E-state index is 5.90. The second kappa shape index (κ2) is 4.37. The van der Waals surface area contributed by atoms with Gasteiger partial charge in [-0.05, 0) is 12.1 Å². The number of methoxy groups -OCH3 is 2.